The van der Waals surface area contributed by atoms with Crippen molar-refractivity contribution >= 4 is 5.78 Å². The van der Waals surface area contributed by atoms with Crippen LogP contribution in [0.25, 0.3) is 0 Å². The lowest BCUT2D eigenvalue weighted by Gasteiger charge is -2.19. The lowest BCUT2D eigenvalue weighted by atomic mass is 9.83. The van der Waals surface area contributed by atoms with Crippen molar-refractivity contribution in [2.24, 2.45) is 5.92 Å². The van der Waals surface area contributed by atoms with Gasteiger partial charge in [0.1, 0.15) is 0 Å². The van der Waals surface area contributed by atoms with Crippen LogP contribution in [0.15, 0.2) is 18.2 Å². The van der Waals surface area contributed by atoms with E-state index in [-0.39, 0.29) is 16.9 Å². The van der Waals surface area contributed by atoms with Crippen molar-refractivity contribution in [3.8, 4) is 6.07 Å². The second-order valence-corrected chi connectivity index (χ2v) is 5.55. The first-order chi connectivity index (χ1) is 8.99. The van der Waals surface area contributed by atoms with E-state index in [1.54, 1.807) is 13.8 Å². The zero-order chi connectivity index (χ0) is 15.7. The summed E-state index contributed by atoms with van der Waals surface area (Å²) < 4.78 is 38.7. The molecule has 2 nitrogen and oxygen atoms in total. The van der Waals surface area contributed by atoms with Crippen LogP contribution in [0.1, 0.15) is 49.2 Å². The van der Waals surface area contributed by atoms with Gasteiger partial charge in [0.15, 0.2) is 5.78 Å². The molecule has 0 aromatic heterocycles. The first kappa shape index (κ1) is 16.2. The highest BCUT2D eigenvalue weighted by atomic mass is 19.4. The second kappa shape index (κ2) is 5.28. The highest BCUT2D eigenvalue weighted by Gasteiger charge is 2.34. The summed E-state index contributed by atoms with van der Waals surface area (Å²) in [6, 6.07) is 5.11. The van der Waals surface area contributed by atoms with Gasteiger partial charge in [-0.1, -0.05) is 13.8 Å². The van der Waals surface area contributed by atoms with Gasteiger partial charge in [0.05, 0.1) is 17.0 Å². The molecule has 0 aliphatic heterocycles. The molecule has 1 aromatic carbocycles. The van der Waals surface area contributed by atoms with Crippen LogP contribution in [-0.4, -0.2) is 5.78 Å². The Morgan fingerprint density at radius 3 is 2.05 bits per heavy atom. The molecule has 0 N–H and O–H groups in total. The summed E-state index contributed by atoms with van der Waals surface area (Å²) in [5.74, 6) is -0.775. The Bertz CT molecular complexity index is 565. The minimum atomic E-state index is -4.55. The average Bonchev–Trinajstić information content (AvgIpc) is 2.36. The third kappa shape index (κ3) is 3.38. The first-order valence-corrected chi connectivity index (χ1v) is 6.17. The third-order valence-corrected chi connectivity index (χ3v) is 3.07. The number of nitrogens with zero attached hydrogens (tertiary/aromatic N) is 1. The predicted octanol–water partition coefficient (Wildman–Crippen LogP) is 4.35. The molecule has 0 aliphatic carbocycles. The number of hydrogen-bond acceptors (Lipinski definition) is 2. The zero-order valence-electron chi connectivity index (χ0n) is 11.8. The van der Waals surface area contributed by atoms with Gasteiger partial charge >= 0.3 is 6.18 Å². The molecule has 1 rings (SSSR count). The SMILES string of the molecule is CC(C)C(=O)c1cc(C(F)(F)F)cc(C(C)(C)C#N)c1. The van der Waals surface area contributed by atoms with Gasteiger partial charge in [-0.15, -0.1) is 0 Å². The Balaban J connectivity index is 3.53. The van der Waals surface area contributed by atoms with E-state index in [9.17, 15) is 18.0 Å². The average molecular weight is 283 g/mol. The van der Waals surface area contributed by atoms with Gasteiger partial charge in [-0.2, -0.15) is 18.4 Å². The van der Waals surface area contributed by atoms with Gasteiger partial charge < -0.3 is 0 Å². The van der Waals surface area contributed by atoms with E-state index in [1.165, 1.54) is 19.9 Å². The normalized spacial score (nSPS) is 12.3. The van der Waals surface area contributed by atoms with Gasteiger partial charge in [0, 0.05) is 11.5 Å². The van der Waals surface area contributed by atoms with Crippen molar-refractivity contribution in [1.82, 2.24) is 0 Å². The summed E-state index contributed by atoms with van der Waals surface area (Å²) in [6.45, 7) is 6.29. The number of benzene rings is 1. The fraction of sp³-hybridized carbons (Fsp3) is 0.467. The number of hydrogen-bond donors (Lipinski definition) is 0. The van der Waals surface area contributed by atoms with E-state index >= 15 is 0 Å². The van der Waals surface area contributed by atoms with E-state index < -0.39 is 23.1 Å². The van der Waals surface area contributed by atoms with Crippen molar-refractivity contribution in [1.29, 1.82) is 5.26 Å². The van der Waals surface area contributed by atoms with E-state index in [1.807, 2.05) is 6.07 Å². The lowest BCUT2D eigenvalue weighted by Crippen LogP contribution is -2.18. The van der Waals surface area contributed by atoms with Crippen molar-refractivity contribution in [3.05, 3.63) is 34.9 Å². The van der Waals surface area contributed by atoms with Crippen LogP contribution in [0.3, 0.4) is 0 Å². The van der Waals surface area contributed by atoms with Crippen LogP contribution < -0.4 is 0 Å². The predicted molar refractivity (Wildman–Crippen MR) is 69.3 cm³/mol. The molecule has 0 saturated carbocycles. The number of ketones is 1. The summed E-state index contributed by atoms with van der Waals surface area (Å²) in [5.41, 5.74) is -1.80. The van der Waals surface area contributed by atoms with Crippen LogP contribution in [0.2, 0.25) is 0 Å². The molecule has 0 atom stereocenters. The quantitative estimate of drug-likeness (QED) is 0.774. The largest absolute Gasteiger partial charge is 0.416 e. The maximum absolute atomic E-state index is 12.9. The Morgan fingerprint density at radius 1 is 1.15 bits per heavy atom. The summed E-state index contributed by atoms with van der Waals surface area (Å²) in [5, 5.41) is 9.06. The number of carbonyl (C=O) groups excluding carboxylic acids is 1. The molecule has 0 radical (unpaired) electrons. The first-order valence-electron chi connectivity index (χ1n) is 6.17. The number of Topliss-reactive ketones (excluding diaryl/α,β-unsaturated/α-hetero) is 1. The Kier molecular flexibility index (Phi) is 4.28. The van der Waals surface area contributed by atoms with Crippen LogP contribution in [0.5, 0.6) is 0 Å². The molecule has 0 fully saturated rings. The van der Waals surface area contributed by atoms with Crippen LogP contribution in [0.4, 0.5) is 13.2 Å². The molecule has 20 heavy (non-hydrogen) atoms. The topological polar surface area (TPSA) is 40.9 Å². The lowest BCUT2D eigenvalue weighted by molar-refractivity contribution is -0.137. The summed E-state index contributed by atoms with van der Waals surface area (Å²) >= 11 is 0. The highest BCUT2D eigenvalue weighted by molar-refractivity contribution is 5.97. The number of alkyl halides is 3. The van der Waals surface area contributed by atoms with Gasteiger partial charge in [-0.3, -0.25) is 4.79 Å². The molecule has 0 spiro atoms. The summed E-state index contributed by atoms with van der Waals surface area (Å²) in [6.07, 6.45) is -4.55. The number of halogens is 3. The molecule has 0 heterocycles. The van der Waals surface area contributed by atoms with Gasteiger partial charge in [-0.25, -0.2) is 0 Å². The van der Waals surface area contributed by atoms with Crippen molar-refractivity contribution in [3.63, 3.8) is 0 Å². The van der Waals surface area contributed by atoms with Crippen LogP contribution in [-0.2, 0) is 11.6 Å². The molecule has 108 valence electrons. The molecule has 0 bridgehead atoms. The monoisotopic (exact) mass is 283 g/mol. The Hall–Kier alpha value is -1.83. The molecule has 1 aromatic rings. The Labute approximate surface area is 116 Å². The van der Waals surface area contributed by atoms with E-state index in [2.05, 4.69) is 0 Å². The van der Waals surface area contributed by atoms with Gasteiger partial charge in [-0.05, 0) is 37.6 Å². The molecule has 5 heteroatoms. The molecule has 0 unspecified atom stereocenters. The highest BCUT2D eigenvalue weighted by Crippen LogP contribution is 2.34. The standard InChI is InChI=1S/C15H16F3NO/c1-9(2)13(20)10-5-11(14(3,4)8-19)7-12(6-10)15(16,17)18/h5-7,9H,1-4H3. The van der Waals surface area contributed by atoms with E-state index in [0.29, 0.717) is 0 Å². The van der Waals surface area contributed by atoms with E-state index in [4.69, 9.17) is 5.26 Å². The maximum atomic E-state index is 12.9. The van der Waals surface area contributed by atoms with Crippen molar-refractivity contribution in [2.75, 3.05) is 0 Å². The smallest absolute Gasteiger partial charge is 0.294 e. The van der Waals surface area contributed by atoms with Gasteiger partial charge in [0.25, 0.3) is 0 Å². The fourth-order valence-electron chi connectivity index (χ4n) is 1.69. The molecule has 0 saturated heterocycles. The van der Waals surface area contributed by atoms with Crippen LogP contribution in [0, 0.1) is 17.2 Å². The maximum Gasteiger partial charge on any atom is 0.416 e. The molecule has 0 aliphatic rings. The molecular weight excluding hydrogens is 267 g/mol. The van der Waals surface area contributed by atoms with Crippen molar-refractivity contribution in [2.45, 2.75) is 39.3 Å². The number of carbonyl (C=O) groups is 1. The summed E-state index contributed by atoms with van der Waals surface area (Å²) in [4.78, 5) is 11.9. The number of rotatable bonds is 3. The third-order valence-electron chi connectivity index (χ3n) is 3.07. The Morgan fingerprint density at radius 2 is 1.65 bits per heavy atom. The molecular formula is C15H16F3NO. The minimum Gasteiger partial charge on any atom is -0.294 e. The van der Waals surface area contributed by atoms with Gasteiger partial charge in [0.2, 0.25) is 0 Å². The summed E-state index contributed by atoms with van der Waals surface area (Å²) in [7, 11) is 0. The zero-order valence-corrected chi connectivity index (χ0v) is 11.8. The fourth-order valence-corrected chi connectivity index (χ4v) is 1.69. The number of nitriles is 1. The molecule has 0 amide bonds. The van der Waals surface area contributed by atoms with E-state index in [0.717, 1.165) is 12.1 Å². The van der Waals surface area contributed by atoms with Crippen LogP contribution >= 0.6 is 0 Å². The minimum absolute atomic E-state index is 0.00634. The second-order valence-electron chi connectivity index (χ2n) is 5.55. The van der Waals surface area contributed by atoms with Crippen molar-refractivity contribution < 1.29 is 18.0 Å².